The highest BCUT2D eigenvalue weighted by Gasteiger charge is 2.45. The Morgan fingerprint density at radius 2 is 1.68 bits per heavy atom. The average Bonchev–Trinajstić information content (AvgIpc) is 3.07. The molecule has 0 aliphatic carbocycles. The highest BCUT2D eigenvalue weighted by Crippen LogP contribution is 2.41. The Balaban J connectivity index is 1.49. The van der Waals surface area contributed by atoms with E-state index in [1.165, 1.54) is 11.8 Å². The highest BCUT2D eigenvalue weighted by atomic mass is 32.2. The SMILES string of the molecule is CC(=O)S[C@@H](Cc1ccccc1)C(=O)N[C@H]1Cc2ccc(-c3ccccc3)cc2[C@H]2CCC[C@@H](C(=O)O)N2C1=O. The van der Waals surface area contributed by atoms with Gasteiger partial charge in [0.1, 0.15) is 12.1 Å². The zero-order valence-electron chi connectivity index (χ0n) is 22.3. The normalized spacial score (nSPS) is 21.0. The first-order valence-electron chi connectivity index (χ1n) is 13.6. The predicted octanol–water partition coefficient (Wildman–Crippen LogP) is 4.79. The van der Waals surface area contributed by atoms with Crippen molar-refractivity contribution < 1.29 is 24.3 Å². The van der Waals surface area contributed by atoms with Gasteiger partial charge in [0.05, 0.1) is 11.3 Å². The molecule has 0 unspecified atom stereocenters. The van der Waals surface area contributed by atoms with Crippen molar-refractivity contribution in [3.05, 3.63) is 95.6 Å². The quantitative estimate of drug-likeness (QED) is 0.434. The third-order valence-electron chi connectivity index (χ3n) is 7.68. The van der Waals surface area contributed by atoms with Gasteiger partial charge >= 0.3 is 5.97 Å². The Labute approximate surface area is 238 Å². The van der Waals surface area contributed by atoms with Gasteiger partial charge in [-0.25, -0.2) is 4.79 Å². The van der Waals surface area contributed by atoms with Crippen LogP contribution >= 0.6 is 11.8 Å². The van der Waals surface area contributed by atoms with Crippen LogP contribution in [0.5, 0.6) is 0 Å². The van der Waals surface area contributed by atoms with E-state index in [0.717, 1.165) is 39.6 Å². The second-order valence-corrected chi connectivity index (χ2v) is 11.8. The molecule has 2 aliphatic rings. The van der Waals surface area contributed by atoms with Gasteiger partial charge < -0.3 is 15.3 Å². The Morgan fingerprint density at radius 3 is 2.35 bits per heavy atom. The maximum absolute atomic E-state index is 14.0. The number of piperidine rings is 1. The smallest absolute Gasteiger partial charge is 0.326 e. The molecule has 8 heteroatoms. The van der Waals surface area contributed by atoms with Gasteiger partial charge in [-0.15, -0.1) is 0 Å². The molecule has 2 aliphatic heterocycles. The van der Waals surface area contributed by atoms with E-state index < -0.39 is 41.2 Å². The monoisotopic (exact) mass is 556 g/mol. The highest BCUT2D eigenvalue weighted by molar-refractivity contribution is 8.14. The van der Waals surface area contributed by atoms with Crippen LogP contribution in [-0.2, 0) is 32.0 Å². The molecular weight excluding hydrogens is 524 g/mol. The molecule has 4 atom stereocenters. The standard InChI is InChI=1S/C32H32N2O5S/c1-20(35)40-29(17-21-9-4-2-5-10-21)30(36)33-26-19-24-16-15-23(22-11-6-3-7-12-22)18-25(24)27-13-8-14-28(32(38)39)34(27)31(26)37/h2-7,9-12,15-16,18,26-29H,8,13-14,17,19H2,1H3,(H,33,36)(H,38,39)/t26-,27+,28-,29-/m0/s1. The first-order chi connectivity index (χ1) is 19.3. The van der Waals surface area contributed by atoms with E-state index in [-0.39, 0.29) is 11.5 Å². The number of nitrogens with zero attached hydrogens (tertiary/aromatic N) is 1. The number of carboxylic acids is 1. The lowest BCUT2D eigenvalue weighted by atomic mass is 9.87. The van der Waals surface area contributed by atoms with E-state index in [1.54, 1.807) is 0 Å². The second kappa shape index (κ2) is 12.1. The molecule has 206 valence electrons. The van der Waals surface area contributed by atoms with Gasteiger partial charge in [0.2, 0.25) is 11.8 Å². The lowest BCUT2D eigenvalue weighted by Gasteiger charge is -2.40. The fourth-order valence-electron chi connectivity index (χ4n) is 5.84. The topological polar surface area (TPSA) is 104 Å². The molecular formula is C32H32N2O5S. The molecule has 1 fully saturated rings. The lowest BCUT2D eigenvalue weighted by Crippen LogP contribution is -2.56. The Morgan fingerprint density at radius 1 is 0.975 bits per heavy atom. The number of fused-ring (bicyclic) bond motifs is 3. The number of carboxylic acid groups (broad SMARTS) is 1. The van der Waals surface area contributed by atoms with Crippen LogP contribution in [0.15, 0.2) is 78.9 Å². The Hall–Kier alpha value is -3.91. The van der Waals surface area contributed by atoms with Gasteiger partial charge in [0.15, 0.2) is 5.12 Å². The summed E-state index contributed by atoms with van der Waals surface area (Å²) in [5.41, 5.74) is 4.77. The molecule has 40 heavy (non-hydrogen) atoms. The van der Waals surface area contributed by atoms with Crippen LogP contribution in [0.3, 0.4) is 0 Å². The molecule has 2 N–H and O–H groups in total. The zero-order valence-corrected chi connectivity index (χ0v) is 23.1. The van der Waals surface area contributed by atoms with Crippen LogP contribution in [0, 0.1) is 0 Å². The minimum Gasteiger partial charge on any atom is -0.480 e. The summed E-state index contributed by atoms with van der Waals surface area (Å²) in [7, 11) is 0. The maximum Gasteiger partial charge on any atom is 0.326 e. The van der Waals surface area contributed by atoms with Crippen molar-refractivity contribution in [2.45, 2.75) is 62.4 Å². The summed E-state index contributed by atoms with van der Waals surface area (Å²) in [6, 6.07) is 23.1. The van der Waals surface area contributed by atoms with E-state index in [1.807, 2.05) is 72.8 Å². The van der Waals surface area contributed by atoms with E-state index in [0.29, 0.717) is 25.7 Å². The van der Waals surface area contributed by atoms with Crippen molar-refractivity contribution in [2.75, 3.05) is 0 Å². The van der Waals surface area contributed by atoms with Gasteiger partial charge in [-0.1, -0.05) is 84.6 Å². The molecule has 2 amide bonds. The van der Waals surface area contributed by atoms with E-state index in [2.05, 4.69) is 11.4 Å². The molecule has 1 saturated heterocycles. The molecule has 2 heterocycles. The van der Waals surface area contributed by atoms with Gasteiger partial charge in [0, 0.05) is 13.3 Å². The largest absolute Gasteiger partial charge is 0.480 e. The zero-order chi connectivity index (χ0) is 28.2. The van der Waals surface area contributed by atoms with Crippen LogP contribution in [-0.4, -0.2) is 50.2 Å². The number of carbonyl (C=O) groups excluding carboxylic acids is 3. The summed E-state index contributed by atoms with van der Waals surface area (Å²) >= 11 is 0.941. The van der Waals surface area contributed by atoms with Crippen molar-refractivity contribution in [1.29, 1.82) is 0 Å². The van der Waals surface area contributed by atoms with Crippen molar-refractivity contribution >= 4 is 34.7 Å². The summed E-state index contributed by atoms with van der Waals surface area (Å²) < 4.78 is 0. The fourth-order valence-corrected chi connectivity index (χ4v) is 6.69. The maximum atomic E-state index is 14.0. The van der Waals surface area contributed by atoms with Crippen LogP contribution in [0.1, 0.15) is 48.9 Å². The number of benzene rings is 3. The van der Waals surface area contributed by atoms with E-state index >= 15 is 0 Å². The van der Waals surface area contributed by atoms with Crippen molar-refractivity contribution in [3.8, 4) is 11.1 Å². The third-order valence-corrected chi connectivity index (χ3v) is 8.68. The second-order valence-electron chi connectivity index (χ2n) is 10.4. The summed E-state index contributed by atoms with van der Waals surface area (Å²) in [6.45, 7) is 1.42. The summed E-state index contributed by atoms with van der Waals surface area (Å²) in [5.74, 6) is -1.85. The number of rotatable bonds is 7. The number of thioether (sulfide) groups is 1. The minimum atomic E-state index is -1.04. The number of hydrogen-bond donors (Lipinski definition) is 2. The van der Waals surface area contributed by atoms with Crippen LogP contribution in [0.2, 0.25) is 0 Å². The molecule has 7 nitrogen and oxygen atoms in total. The average molecular weight is 557 g/mol. The summed E-state index contributed by atoms with van der Waals surface area (Å²) in [6.07, 6.45) is 2.28. The predicted molar refractivity (Wildman–Crippen MR) is 155 cm³/mol. The molecule has 0 bridgehead atoms. The number of amides is 2. The Bertz CT molecular complexity index is 1410. The number of aliphatic carboxylic acids is 1. The van der Waals surface area contributed by atoms with E-state index in [9.17, 15) is 24.3 Å². The number of nitrogens with one attached hydrogen (secondary N) is 1. The minimum absolute atomic E-state index is 0.191. The number of carbonyl (C=O) groups is 4. The Kier molecular flexibility index (Phi) is 8.35. The lowest BCUT2D eigenvalue weighted by molar-refractivity contribution is -0.156. The van der Waals surface area contributed by atoms with Crippen LogP contribution in [0.25, 0.3) is 11.1 Å². The molecule has 0 saturated carbocycles. The van der Waals surface area contributed by atoms with Crippen molar-refractivity contribution in [2.24, 2.45) is 0 Å². The molecule has 3 aromatic rings. The van der Waals surface area contributed by atoms with Crippen LogP contribution in [0.4, 0.5) is 0 Å². The first-order valence-corrected chi connectivity index (χ1v) is 14.4. The van der Waals surface area contributed by atoms with Gasteiger partial charge in [-0.05, 0) is 59.6 Å². The molecule has 5 rings (SSSR count). The van der Waals surface area contributed by atoms with Gasteiger partial charge in [0.25, 0.3) is 0 Å². The fraction of sp³-hybridized carbons (Fsp3) is 0.312. The first kappa shape index (κ1) is 27.6. The molecule has 0 radical (unpaired) electrons. The van der Waals surface area contributed by atoms with Crippen molar-refractivity contribution in [3.63, 3.8) is 0 Å². The number of hydrogen-bond acceptors (Lipinski definition) is 5. The molecule has 0 spiro atoms. The third kappa shape index (κ3) is 5.97. The summed E-state index contributed by atoms with van der Waals surface area (Å²) in [5, 5.41) is 12.1. The summed E-state index contributed by atoms with van der Waals surface area (Å²) in [4.78, 5) is 53.4. The molecule has 0 aromatic heterocycles. The van der Waals surface area contributed by atoms with E-state index in [4.69, 9.17) is 0 Å². The molecule has 3 aromatic carbocycles. The van der Waals surface area contributed by atoms with Crippen molar-refractivity contribution in [1.82, 2.24) is 10.2 Å². The van der Waals surface area contributed by atoms with Gasteiger partial charge in [-0.3, -0.25) is 14.4 Å². The van der Waals surface area contributed by atoms with Crippen LogP contribution < -0.4 is 5.32 Å². The van der Waals surface area contributed by atoms with Gasteiger partial charge in [-0.2, -0.15) is 0 Å².